The van der Waals surface area contributed by atoms with Crippen LogP contribution in [0.2, 0.25) is 5.15 Å². The van der Waals surface area contributed by atoms with E-state index in [0.717, 1.165) is 5.56 Å². The lowest BCUT2D eigenvalue weighted by Gasteiger charge is -2.10. The molecule has 1 aromatic rings. The Morgan fingerprint density at radius 2 is 2.05 bits per heavy atom. The Bertz CT molecular complexity index is 475. The predicted molar refractivity (Wildman–Crippen MR) is 72.0 cm³/mol. The van der Waals surface area contributed by atoms with E-state index in [1.165, 1.54) is 4.90 Å². The highest BCUT2D eigenvalue weighted by molar-refractivity contribution is 6.29. The molecule has 0 spiro atoms. The van der Waals surface area contributed by atoms with E-state index in [2.05, 4.69) is 4.98 Å². The third kappa shape index (κ3) is 5.26. The molecule has 104 valence electrons. The molecule has 0 saturated carbocycles. The van der Waals surface area contributed by atoms with E-state index < -0.39 is 0 Å². The molecule has 0 unspecified atom stereocenters. The molecule has 0 fully saturated rings. The molecule has 1 aromatic heterocycles. The third-order valence-electron chi connectivity index (χ3n) is 2.57. The van der Waals surface area contributed by atoms with Crippen molar-refractivity contribution in [3.8, 4) is 0 Å². The van der Waals surface area contributed by atoms with Crippen LogP contribution in [0.4, 0.5) is 0 Å². The molecule has 0 N–H and O–H groups in total. The first-order valence-corrected chi connectivity index (χ1v) is 6.25. The normalized spacial score (nSPS) is 10.1. The van der Waals surface area contributed by atoms with Crippen molar-refractivity contribution in [3.63, 3.8) is 0 Å². The third-order valence-corrected chi connectivity index (χ3v) is 2.78. The van der Waals surface area contributed by atoms with Crippen LogP contribution in [0.3, 0.4) is 0 Å². The molecule has 0 aromatic carbocycles. The number of hydrogen-bond donors (Lipinski definition) is 0. The van der Waals surface area contributed by atoms with Crippen LogP contribution >= 0.6 is 11.6 Å². The highest BCUT2D eigenvalue weighted by Crippen LogP contribution is 2.11. The fourth-order valence-corrected chi connectivity index (χ4v) is 1.62. The number of esters is 1. The Hall–Kier alpha value is -1.62. The SMILES string of the molecule is Cc1nc(Cl)ccc1CC(=O)OCCC(=O)N(C)C. The van der Waals surface area contributed by atoms with Gasteiger partial charge in [-0.05, 0) is 18.6 Å². The first-order chi connectivity index (χ1) is 8.90. The van der Waals surface area contributed by atoms with E-state index >= 15 is 0 Å². The molecule has 0 aliphatic heterocycles. The van der Waals surface area contributed by atoms with Crippen LogP contribution in [0.15, 0.2) is 12.1 Å². The first-order valence-electron chi connectivity index (χ1n) is 5.88. The minimum atomic E-state index is -0.376. The number of pyridine rings is 1. The second-order valence-electron chi connectivity index (χ2n) is 4.31. The number of carbonyl (C=O) groups is 2. The van der Waals surface area contributed by atoms with Crippen molar-refractivity contribution in [3.05, 3.63) is 28.5 Å². The fourth-order valence-electron chi connectivity index (χ4n) is 1.43. The summed E-state index contributed by atoms with van der Waals surface area (Å²) in [5, 5.41) is 0.395. The van der Waals surface area contributed by atoms with Crippen LogP contribution in [-0.4, -0.2) is 42.5 Å². The zero-order valence-electron chi connectivity index (χ0n) is 11.3. The lowest BCUT2D eigenvalue weighted by atomic mass is 10.1. The number of ether oxygens (including phenoxy) is 1. The average Bonchev–Trinajstić information content (AvgIpc) is 2.32. The maximum absolute atomic E-state index is 11.6. The van der Waals surface area contributed by atoms with Gasteiger partial charge in [0.05, 0.1) is 12.8 Å². The number of hydrogen-bond acceptors (Lipinski definition) is 4. The zero-order valence-corrected chi connectivity index (χ0v) is 12.0. The van der Waals surface area contributed by atoms with Gasteiger partial charge in [-0.1, -0.05) is 17.7 Å². The van der Waals surface area contributed by atoms with E-state index in [1.807, 2.05) is 0 Å². The van der Waals surface area contributed by atoms with Gasteiger partial charge in [-0.25, -0.2) is 4.98 Å². The topological polar surface area (TPSA) is 59.5 Å². The quantitative estimate of drug-likeness (QED) is 0.609. The van der Waals surface area contributed by atoms with Crippen molar-refractivity contribution in [2.45, 2.75) is 19.8 Å². The van der Waals surface area contributed by atoms with Gasteiger partial charge in [0, 0.05) is 19.8 Å². The Balaban J connectivity index is 2.41. The van der Waals surface area contributed by atoms with Crippen molar-refractivity contribution < 1.29 is 14.3 Å². The summed E-state index contributed by atoms with van der Waals surface area (Å²) in [6.45, 7) is 1.87. The molecular weight excluding hydrogens is 268 g/mol. The molecule has 1 amide bonds. The molecule has 1 heterocycles. The summed E-state index contributed by atoms with van der Waals surface area (Å²) < 4.78 is 5.00. The summed E-state index contributed by atoms with van der Waals surface area (Å²) in [6, 6.07) is 3.38. The molecule has 0 bridgehead atoms. The number of halogens is 1. The van der Waals surface area contributed by atoms with E-state index in [1.54, 1.807) is 33.2 Å². The van der Waals surface area contributed by atoms with E-state index in [-0.39, 0.29) is 31.3 Å². The van der Waals surface area contributed by atoms with Crippen LogP contribution in [0.1, 0.15) is 17.7 Å². The lowest BCUT2D eigenvalue weighted by molar-refractivity contribution is -0.144. The first kappa shape index (κ1) is 15.4. The van der Waals surface area contributed by atoms with Gasteiger partial charge < -0.3 is 9.64 Å². The average molecular weight is 285 g/mol. The number of carbonyl (C=O) groups excluding carboxylic acids is 2. The van der Waals surface area contributed by atoms with Crippen LogP contribution < -0.4 is 0 Å². The molecule has 5 nitrogen and oxygen atoms in total. The molecule has 0 saturated heterocycles. The summed E-state index contributed by atoms with van der Waals surface area (Å²) >= 11 is 5.73. The van der Waals surface area contributed by atoms with Crippen molar-refractivity contribution in [1.82, 2.24) is 9.88 Å². The van der Waals surface area contributed by atoms with Crippen molar-refractivity contribution >= 4 is 23.5 Å². The largest absolute Gasteiger partial charge is 0.465 e. The Morgan fingerprint density at radius 3 is 2.63 bits per heavy atom. The van der Waals surface area contributed by atoms with Crippen molar-refractivity contribution in [2.24, 2.45) is 0 Å². The molecule has 0 aliphatic rings. The molecule has 19 heavy (non-hydrogen) atoms. The molecule has 0 radical (unpaired) electrons. The van der Waals surface area contributed by atoms with Gasteiger partial charge in [-0.3, -0.25) is 9.59 Å². The summed E-state index contributed by atoms with van der Waals surface area (Å²) in [5.74, 6) is -0.448. The maximum atomic E-state index is 11.6. The predicted octanol–water partition coefficient (Wildman–Crippen LogP) is 1.61. The van der Waals surface area contributed by atoms with Crippen LogP contribution in [0.25, 0.3) is 0 Å². The maximum Gasteiger partial charge on any atom is 0.310 e. The molecular formula is C13H17ClN2O3. The monoisotopic (exact) mass is 284 g/mol. The minimum Gasteiger partial charge on any atom is -0.465 e. The van der Waals surface area contributed by atoms with E-state index in [9.17, 15) is 9.59 Å². The van der Waals surface area contributed by atoms with Gasteiger partial charge in [0.25, 0.3) is 0 Å². The fraction of sp³-hybridized carbons (Fsp3) is 0.462. The number of nitrogens with zero attached hydrogens (tertiary/aromatic N) is 2. The Kier molecular flexibility index (Phi) is 5.76. The highest BCUT2D eigenvalue weighted by atomic mass is 35.5. The van der Waals surface area contributed by atoms with Crippen LogP contribution in [0.5, 0.6) is 0 Å². The number of amides is 1. The molecule has 1 rings (SSSR count). The minimum absolute atomic E-state index is 0.0721. The van der Waals surface area contributed by atoms with Crippen molar-refractivity contribution in [1.29, 1.82) is 0 Å². The van der Waals surface area contributed by atoms with E-state index in [0.29, 0.717) is 10.8 Å². The van der Waals surface area contributed by atoms with Gasteiger partial charge >= 0.3 is 5.97 Å². The van der Waals surface area contributed by atoms with Gasteiger partial charge in [-0.2, -0.15) is 0 Å². The Morgan fingerprint density at radius 1 is 1.37 bits per heavy atom. The van der Waals surface area contributed by atoms with Crippen LogP contribution in [-0.2, 0) is 20.7 Å². The second kappa shape index (κ2) is 7.09. The lowest BCUT2D eigenvalue weighted by Crippen LogP contribution is -2.23. The molecule has 6 heteroatoms. The van der Waals surface area contributed by atoms with Gasteiger partial charge in [-0.15, -0.1) is 0 Å². The molecule has 0 atom stereocenters. The summed E-state index contributed by atoms with van der Waals surface area (Å²) in [7, 11) is 3.32. The van der Waals surface area contributed by atoms with Gasteiger partial charge in [0.15, 0.2) is 0 Å². The second-order valence-corrected chi connectivity index (χ2v) is 4.70. The molecule has 0 aliphatic carbocycles. The number of aromatic nitrogens is 1. The van der Waals surface area contributed by atoms with Gasteiger partial charge in [0.1, 0.15) is 11.8 Å². The van der Waals surface area contributed by atoms with E-state index in [4.69, 9.17) is 16.3 Å². The standard InChI is InChI=1S/C13H17ClN2O3/c1-9-10(4-5-11(14)15-9)8-13(18)19-7-6-12(17)16(2)3/h4-5H,6-8H2,1-3H3. The zero-order chi connectivity index (χ0) is 14.4. The number of aryl methyl sites for hydroxylation is 1. The smallest absolute Gasteiger partial charge is 0.310 e. The summed E-state index contributed by atoms with van der Waals surface area (Å²) in [6.07, 6.45) is 0.322. The summed E-state index contributed by atoms with van der Waals surface area (Å²) in [5.41, 5.74) is 1.47. The number of rotatable bonds is 5. The van der Waals surface area contributed by atoms with Gasteiger partial charge in [0.2, 0.25) is 5.91 Å². The van der Waals surface area contributed by atoms with Crippen molar-refractivity contribution in [2.75, 3.05) is 20.7 Å². The van der Waals surface area contributed by atoms with Crippen LogP contribution in [0, 0.1) is 6.92 Å². The Labute approximate surface area is 117 Å². The summed E-state index contributed by atoms with van der Waals surface area (Å²) in [4.78, 5) is 28.4. The highest BCUT2D eigenvalue weighted by Gasteiger charge is 2.10.